The van der Waals surface area contributed by atoms with E-state index in [1.807, 2.05) is 0 Å². The van der Waals surface area contributed by atoms with Crippen molar-refractivity contribution in [2.45, 2.75) is 6.10 Å². The van der Waals surface area contributed by atoms with Crippen LogP contribution in [-0.2, 0) is 0 Å². The molecule has 0 radical (unpaired) electrons. The molecule has 1 aliphatic rings. The molecule has 0 saturated carbocycles. The van der Waals surface area contributed by atoms with Gasteiger partial charge in [-0.3, -0.25) is 4.79 Å². The Hall–Kier alpha value is -1.00. The number of rotatable bonds is 1. The van der Waals surface area contributed by atoms with Crippen molar-refractivity contribution in [3.05, 3.63) is 23.0 Å². The number of amides is 1. The lowest BCUT2D eigenvalue weighted by atomic mass is 10.1. The number of nitrogens with zero attached hydrogens (tertiary/aromatic N) is 1. The first kappa shape index (κ1) is 8.59. The highest BCUT2D eigenvalue weighted by Crippen LogP contribution is 2.15. The molecule has 0 unspecified atom stereocenters. The van der Waals surface area contributed by atoms with Gasteiger partial charge in [-0.2, -0.15) is 0 Å². The molecule has 1 aliphatic heterocycles. The Bertz CT molecular complexity index is 331. The number of aromatic amines is 1. The minimum absolute atomic E-state index is 0.114. The molecule has 1 aromatic heterocycles. The van der Waals surface area contributed by atoms with Crippen molar-refractivity contribution in [3.8, 4) is 0 Å². The number of H-pyrrole nitrogens is 1. The monoisotopic (exact) mass is 200 g/mol. The molecule has 0 aliphatic carbocycles. The third-order valence-corrected chi connectivity index (χ3v) is 2.25. The highest BCUT2D eigenvalue weighted by Gasteiger charge is 2.29. The van der Waals surface area contributed by atoms with E-state index < -0.39 is 0 Å². The van der Waals surface area contributed by atoms with Gasteiger partial charge in [-0.05, 0) is 6.07 Å². The summed E-state index contributed by atoms with van der Waals surface area (Å²) in [5.74, 6) is -0.114. The predicted molar refractivity (Wildman–Crippen MR) is 47.7 cm³/mol. The number of aliphatic hydroxyl groups is 1. The Kier molecular flexibility index (Phi) is 2.01. The van der Waals surface area contributed by atoms with Crippen LogP contribution in [0.5, 0.6) is 0 Å². The van der Waals surface area contributed by atoms with Gasteiger partial charge in [-0.1, -0.05) is 11.6 Å². The third-order valence-electron chi connectivity index (χ3n) is 2.03. The van der Waals surface area contributed by atoms with Crippen LogP contribution in [0.1, 0.15) is 10.5 Å². The Balaban J connectivity index is 2.06. The van der Waals surface area contributed by atoms with Gasteiger partial charge in [-0.25, -0.2) is 0 Å². The standard InChI is InChI=1S/C8H9ClN2O2/c9-5-1-7(10-2-5)8(13)11-3-6(12)4-11/h1-2,6,10,12H,3-4H2. The Morgan fingerprint density at radius 1 is 1.69 bits per heavy atom. The summed E-state index contributed by atoms with van der Waals surface area (Å²) in [7, 11) is 0. The highest BCUT2D eigenvalue weighted by molar-refractivity contribution is 6.30. The molecule has 2 rings (SSSR count). The van der Waals surface area contributed by atoms with Crippen LogP contribution >= 0.6 is 11.6 Å². The van der Waals surface area contributed by atoms with E-state index in [0.717, 1.165) is 0 Å². The average molecular weight is 201 g/mol. The number of aromatic nitrogens is 1. The van der Waals surface area contributed by atoms with Crippen LogP contribution in [0.2, 0.25) is 5.02 Å². The summed E-state index contributed by atoms with van der Waals surface area (Å²) in [5.41, 5.74) is 0.469. The maximum absolute atomic E-state index is 11.5. The zero-order valence-electron chi connectivity index (χ0n) is 6.83. The zero-order valence-corrected chi connectivity index (χ0v) is 7.58. The van der Waals surface area contributed by atoms with Crippen LogP contribution in [0.25, 0.3) is 0 Å². The van der Waals surface area contributed by atoms with E-state index in [9.17, 15) is 4.79 Å². The van der Waals surface area contributed by atoms with Crippen molar-refractivity contribution in [3.63, 3.8) is 0 Å². The topological polar surface area (TPSA) is 56.3 Å². The average Bonchev–Trinajstić information content (AvgIpc) is 2.45. The van der Waals surface area contributed by atoms with E-state index in [0.29, 0.717) is 23.8 Å². The predicted octanol–water partition coefficient (Wildman–Crippen LogP) is 0.485. The Morgan fingerprint density at radius 3 is 2.85 bits per heavy atom. The van der Waals surface area contributed by atoms with Gasteiger partial charge in [0.15, 0.2) is 0 Å². The number of halogens is 1. The van der Waals surface area contributed by atoms with E-state index in [1.165, 1.54) is 0 Å². The lowest BCUT2D eigenvalue weighted by Crippen LogP contribution is -2.53. The number of aliphatic hydroxyl groups excluding tert-OH is 1. The maximum Gasteiger partial charge on any atom is 0.270 e. The van der Waals surface area contributed by atoms with Crippen molar-refractivity contribution >= 4 is 17.5 Å². The fourth-order valence-corrected chi connectivity index (χ4v) is 1.45. The molecule has 1 saturated heterocycles. The van der Waals surface area contributed by atoms with E-state index in [1.54, 1.807) is 17.2 Å². The summed E-state index contributed by atoms with van der Waals surface area (Å²) < 4.78 is 0. The maximum atomic E-state index is 11.5. The van der Waals surface area contributed by atoms with E-state index >= 15 is 0 Å². The molecule has 2 N–H and O–H groups in total. The summed E-state index contributed by atoms with van der Waals surface area (Å²) >= 11 is 5.65. The first-order valence-corrected chi connectivity index (χ1v) is 4.36. The number of likely N-dealkylation sites (tertiary alicyclic amines) is 1. The normalized spacial score (nSPS) is 17.2. The van der Waals surface area contributed by atoms with Crippen molar-refractivity contribution in [2.24, 2.45) is 0 Å². The second-order valence-electron chi connectivity index (χ2n) is 3.10. The molecular formula is C8H9ClN2O2. The van der Waals surface area contributed by atoms with Gasteiger partial charge in [-0.15, -0.1) is 0 Å². The third kappa shape index (κ3) is 1.55. The first-order valence-electron chi connectivity index (χ1n) is 3.98. The lowest BCUT2D eigenvalue weighted by molar-refractivity contribution is 0.00555. The number of carbonyl (C=O) groups excluding carboxylic acids is 1. The molecule has 5 heteroatoms. The fraction of sp³-hybridized carbons (Fsp3) is 0.375. The van der Waals surface area contributed by atoms with Crippen molar-refractivity contribution in [1.29, 1.82) is 0 Å². The summed E-state index contributed by atoms with van der Waals surface area (Å²) in [4.78, 5) is 15.8. The number of hydrogen-bond donors (Lipinski definition) is 2. The minimum Gasteiger partial charge on any atom is -0.389 e. The van der Waals surface area contributed by atoms with Crippen LogP contribution in [0.15, 0.2) is 12.3 Å². The Labute approximate surface area is 80.1 Å². The number of carbonyl (C=O) groups is 1. The van der Waals surface area contributed by atoms with Crippen LogP contribution in [-0.4, -0.2) is 40.1 Å². The zero-order chi connectivity index (χ0) is 9.42. The number of β-amino-alcohol motifs (C(OH)–C–C–N with tert-alkyl or cyclic N) is 1. The SMILES string of the molecule is O=C(c1cc(Cl)c[nH]1)N1CC(O)C1. The molecule has 13 heavy (non-hydrogen) atoms. The van der Waals surface area contributed by atoms with Gasteiger partial charge < -0.3 is 15.0 Å². The van der Waals surface area contributed by atoms with E-state index in [2.05, 4.69) is 4.98 Å². The second kappa shape index (κ2) is 3.05. The molecule has 4 nitrogen and oxygen atoms in total. The first-order chi connectivity index (χ1) is 6.16. The number of nitrogens with one attached hydrogen (secondary N) is 1. The smallest absolute Gasteiger partial charge is 0.270 e. The molecule has 1 amide bonds. The van der Waals surface area contributed by atoms with Gasteiger partial charge >= 0.3 is 0 Å². The molecule has 0 atom stereocenters. The van der Waals surface area contributed by atoms with Crippen molar-refractivity contribution in [2.75, 3.05) is 13.1 Å². The van der Waals surface area contributed by atoms with Crippen LogP contribution in [0, 0.1) is 0 Å². The summed E-state index contributed by atoms with van der Waals surface area (Å²) in [6.07, 6.45) is 1.19. The molecule has 0 bridgehead atoms. The molecule has 70 valence electrons. The molecule has 2 heterocycles. The van der Waals surface area contributed by atoms with Crippen LogP contribution < -0.4 is 0 Å². The van der Waals surface area contributed by atoms with Gasteiger partial charge in [0.05, 0.1) is 11.1 Å². The molecule has 0 spiro atoms. The van der Waals surface area contributed by atoms with E-state index in [4.69, 9.17) is 16.7 Å². The van der Waals surface area contributed by atoms with Gasteiger partial charge in [0, 0.05) is 19.3 Å². The van der Waals surface area contributed by atoms with Crippen molar-refractivity contribution < 1.29 is 9.90 Å². The van der Waals surface area contributed by atoms with Gasteiger partial charge in [0.25, 0.3) is 5.91 Å². The largest absolute Gasteiger partial charge is 0.389 e. The van der Waals surface area contributed by atoms with Gasteiger partial charge in [0.1, 0.15) is 5.69 Å². The van der Waals surface area contributed by atoms with Crippen LogP contribution in [0.4, 0.5) is 0 Å². The lowest BCUT2D eigenvalue weighted by Gasteiger charge is -2.35. The quantitative estimate of drug-likeness (QED) is 0.693. The fourth-order valence-electron chi connectivity index (χ4n) is 1.28. The summed E-state index contributed by atoms with van der Waals surface area (Å²) in [6.45, 7) is 0.824. The minimum atomic E-state index is -0.366. The molecule has 1 aromatic rings. The van der Waals surface area contributed by atoms with Crippen LogP contribution in [0.3, 0.4) is 0 Å². The van der Waals surface area contributed by atoms with E-state index in [-0.39, 0.29) is 12.0 Å². The van der Waals surface area contributed by atoms with Gasteiger partial charge in [0.2, 0.25) is 0 Å². The van der Waals surface area contributed by atoms with Crippen molar-refractivity contribution in [1.82, 2.24) is 9.88 Å². The Morgan fingerprint density at radius 2 is 2.38 bits per heavy atom. The summed E-state index contributed by atoms with van der Waals surface area (Å²) in [5, 5.41) is 9.51. The molecule has 1 fully saturated rings. The second-order valence-corrected chi connectivity index (χ2v) is 3.53. The number of hydrogen-bond acceptors (Lipinski definition) is 2. The molecule has 0 aromatic carbocycles. The molecular weight excluding hydrogens is 192 g/mol. The summed E-state index contributed by atoms with van der Waals surface area (Å²) in [6, 6.07) is 1.58. The highest BCUT2D eigenvalue weighted by atomic mass is 35.5.